The molecule has 1 N–H and O–H groups in total. The predicted molar refractivity (Wildman–Crippen MR) is 114 cm³/mol. The first-order valence-electron chi connectivity index (χ1n) is 7.65. The van der Waals surface area contributed by atoms with Crippen LogP contribution in [-0.2, 0) is 0 Å². The van der Waals surface area contributed by atoms with Crippen molar-refractivity contribution in [3.63, 3.8) is 0 Å². The number of nitrogens with zero attached hydrogens (tertiary/aromatic N) is 2. The number of thiocarbonyl (C=S) groups is 1. The van der Waals surface area contributed by atoms with Gasteiger partial charge < -0.3 is 10.2 Å². The van der Waals surface area contributed by atoms with Crippen molar-refractivity contribution in [1.82, 2.24) is 10.3 Å². The molecule has 4 rings (SSSR count). The van der Waals surface area contributed by atoms with Gasteiger partial charge in [-0.3, -0.25) is 4.98 Å². The molecule has 126 valence electrons. The second-order valence-corrected chi connectivity index (χ2v) is 9.41. The summed E-state index contributed by atoms with van der Waals surface area (Å²) in [5, 5.41) is 4.18. The van der Waals surface area contributed by atoms with E-state index in [1.165, 1.54) is 4.88 Å². The number of hydrogen-bond donors (Lipinski definition) is 1. The van der Waals surface area contributed by atoms with Crippen molar-refractivity contribution in [3.05, 3.63) is 79.6 Å². The standard InChI is InChI=1S/C18H13Br2N3S2/c19-11-4-6-12(7-5-11)23-17(14-8-9-15(20)25-14)16(22-18(23)24)13-3-1-2-10-21-13/h1-10,16-17H,(H,22,24). The summed E-state index contributed by atoms with van der Waals surface area (Å²) in [4.78, 5) is 7.97. The van der Waals surface area contributed by atoms with Crippen LogP contribution in [0.2, 0.25) is 0 Å². The lowest BCUT2D eigenvalue weighted by Gasteiger charge is -2.26. The van der Waals surface area contributed by atoms with Crippen LogP contribution in [0.5, 0.6) is 0 Å². The average Bonchev–Trinajstić information content (AvgIpc) is 3.20. The molecule has 1 fully saturated rings. The highest BCUT2D eigenvalue weighted by Gasteiger charge is 2.41. The molecule has 1 saturated heterocycles. The Labute approximate surface area is 172 Å². The third-order valence-electron chi connectivity index (χ3n) is 4.09. The topological polar surface area (TPSA) is 28.2 Å². The Morgan fingerprint density at radius 3 is 2.48 bits per heavy atom. The van der Waals surface area contributed by atoms with Crippen molar-refractivity contribution >= 4 is 66.2 Å². The second kappa shape index (κ2) is 7.15. The maximum absolute atomic E-state index is 5.68. The number of benzene rings is 1. The van der Waals surface area contributed by atoms with Crippen LogP contribution in [0.1, 0.15) is 22.7 Å². The quantitative estimate of drug-likeness (QED) is 0.462. The summed E-state index contributed by atoms with van der Waals surface area (Å²) < 4.78 is 2.15. The van der Waals surface area contributed by atoms with E-state index >= 15 is 0 Å². The third-order valence-corrected chi connectivity index (χ3v) is 6.63. The largest absolute Gasteiger partial charge is 0.351 e. The van der Waals surface area contributed by atoms with E-state index < -0.39 is 0 Å². The van der Waals surface area contributed by atoms with Gasteiger partial charge in [-0.1, -0.05) is 22.0 Å². The lowest BCUT2D eigenvalue weighted by Crippen LogP contribution is -2.28. The Kier molecular flexibility index (Phi) is 4.90. The van der Waals surface area contributed by atoms with E-state index in [-0.39, 0.29) is 12.1 Å². The van der Waals surface area contributed by atoms with E-state index in [4.69, 9.17) is 12.2 Å². The molecule has 1 aromatic carbocycles. The van der Waals surface area contributed by atoms with Crippen LogP contribution >= 0.6 is 55.4 Å². The van der Waals surface area contributed by atoms with E-state index in [0.717, 1.165) is 19.6 Å². The number of nitrogens with one attached hydrogen (secondary N) is 1. The van der Waals surface area contributed by atoms with Gasteiger partial charge in [-0.2, -0.15) is 0 Å². The predicted octanol–water partition coefficient (Wildman–Crippen LogP) is 5.85. The van der Waals surface area contributed by atoms with Gasteiger partial charge in [0.1, 0.15) is 0 Å². The van der Waals surface area contributed by atoms with E-state index in [0.29, 0.717) is 5.11 Å². The molecule has 3 aromatic rings. The van der Waals surface area contributed by atoms with Gasteiger partial charge >= 0.3 is 0 Å². The molecular weight excluding hydrogens is 482 g/mol. The molecule has 2 atom stereocenters. The van der Waals surface area contributed by atoms with Crippen LogP contribution < -0.4 is 10.2 Å². The van der Waals surface area contributed by atoms with E-state index in [1.54, 1.807) is 11.3 Å². The molecule has 3 nitrogen and oxygen atoms in total. The van der Waals surface area contributed by atoms with Crippen molar-refractivity contribution in [2.45, 2.75) is 12.1 Å². The van der Waals surface area contributed by atoms with Crippen molar-refractivity contribution in [2.24, 2.45) is 0 Å². The van der Waals surface area contributed by atoms with Crippen molar-refractivity contribution in [1.29, 1.82) is 0 Å². The van der Waals surface area contributed by atoms with E-state index in [2.05, 4.69) is 71.3 Å². The van der Waals surface area contributed by atoms with Crippen molar-refractivity contribution in [2.75, 3.05) is 4.90 Å². The van der Waals surface area contributed by atoms with Crippen LogP contribution in [0.25, 0.3) is 0 Å². The summed E-state index contributed by atoms with van der Waals surface area (Å²) in [5.41, 5.74) is 2.05. The lowest BCUT2D eigenvalue weighted by atomic mass is 10.0. The number of rotatable bonds is 3. The van der Waals surface area contributed by atoms with Crippen molar-refractivity contribution < 1.29 is 0 Å². The van der Waals surface area contributed by atoms with Crippen LogP contribution in [0.15, 0.2) is 69.1 Å². The minimum atomic E-state index is 0.00268. The molecule has 2 aromatic heterocycles. The molecule has 0 spiro atoms. The minimum Gasteiger partial charge on any atom is -0.351 e. The fourth-order valence-corrected chi connectivity index (χ4v) is 5.17. The number of aromatic nitrogens is 1. The molecule has 1 aliphatic heterocycles. The van der Waals surface area contributed by atoms with Gasteiger partial charge in [-0.25, -0.2) is 0 Å². The summed E-state index contributed by atoms with van der Waals surface area (Å²) >= 11 is 14.5. The maximum atomic E-state index is 5.68. The fourth-order valence-electron chi connectivity index (χ4n) is 3.01. The molecule has 3 heterocycles. The highest BCUT2D eigenvalue weighted by molar-refractivity contribution is 9.11. The molecule has 7 heteroatoms. The molecule has 1 aliphatic rings. The smallest absolute Gasteiger partial charge is 0.174 e. The number of pyridine rings is 1. The van der Waals surface area contributed by atoms with Gasteiger partial charge in [-0.05, 0) is 76.7 Å². The number of hydrogen-bond acceptors (Lipinski definition) is 3. The number of thiophene rings is 1. The van der Waals surface area contributed by atoms with Crippen LogP contribution in [0.4, 0.5) is 5.69 Å². The minimum absolute atomic E-state index is 0.00268. The Morgan fingerprint density at radius 2 is 1.84 bits per heavy atom. The van der Waals surface area contributed by atoms with E-state index in [1.807, 2.05) is 36.5 Å². The molecule has 2 unspecified atom stereocenters. The summed E-state index contributed by atoms with van der Waals surface area (Å²) in [6.45, 7) is 0. The first-order chi connectivity index (χ1) is 12.1. The molecule has 0 saturated carbocycles. The van der Waals surface area contributed by atoms with Crippen LogP contribution in [0.3, 0.4) is 0 Å². The third kappa shape index (κ3) is 3.38. The Hall–Kier alpha value is -1.28. The number of anilines is 1. The van der Waals surface area contributed by atoms with Gasteiger partial charge in [0.25, 0.3) is 0 Å². The second-order valence-electron chi connectivity index (χ2n) is 5.61. The number of halogens is 2. The zero-order chi connectivity index (χ0) is 17.4. The summed E-state index contributed by atoms with van der Waals surface area (Å²) in [5.74, 6) is 0. The van der Waals surface area contributed by atoms with Gasteiger partial charge in [0.2, 0.25) is 0 Å². The highest BCUT2D eigenvalue weighted by Crippen LogP contribution is 2.44. The lowest BCUT2D eigenvalue weighted by molar-refractivity contribution is 0.575. The average molecular weight is 495 g/mol. The zero-order valence-electron chi connectivity index (χ0n) is 12.9. The first-order valence-corrected chi connectivity index (χ1v) is 10.5. The molecule has 0 radical (unpaired) electrons. The van der Waals surface area contributed by atoms with Crippen LogP contribution in [-0.4, -0.2) is 10.1 Å². The Balaban J connectivity index is 1.81. The van der Waals surface area contributed by atoms with Gasteiger partial charge in [-0.15, -0.1) is 11.3 Å². The van der Waals surface area contributed by atoms with Gasteiger partial charge in [0.05, 0.1) is 21.6 Å². The maximum Gasteiger partial charge on any atom is 0.174 e. The summed E-state index contributed by atoms with van der Waals surface area (Å²) in [6, 6.07) is 18.5. The van der Waals surface area contributed by atoms with E-state index in [9.17, 15) is 0 Å². The summed E-state index contributed by atoms with van der Waals surface area (Å²) in [6.07, 6.45) is 1.82. The first kappa shape index (κ1) is 17.1. The normalized spacial score (nSPS) is 19.9. The Bertz CT molecular complexity index is 896. The van der Waals surface area contributed by atoms with Crippen molar-refractivity contribution in [3.8, 4) is 0 Å². The van der Waals surface area contributed by atoms with Gasteiger partial charge in [0, 0.05) is 21.2 Å². The molecule has 0 amide bonds. The highest BCUT2D eigenvalue weighted by atomic mass is 79.9. The Morgan fingerprint density at radius 1 is 1.04 bits per heavy atom. The summed E-state index contributed by atoms with van der Waals surface area (Å²) in [7, 11) is 0. The molecular formula is C18H13Br2N3S2. The molecule has 25 heavy (non-hydrogen) atoms. The van der Waals surface area contributed by atoms with Gasteiger partial charge in [0.15, 0.2) is 5.11 Å². The molecule has 0 aliphatic carbocycles. The monoisotopic (exact) mass is 493 g/mol. The SMILES string of the molecule is S=C1NC(c2ccccn2)C(c2ccc(Br)s2)N1c1ccc(Br)cc1. The molecule has 0 bridgehead atoms. The van der Waals surface area contributed by atoms with Crippen LogP contribution in [0, 0.1) is 0 Å². The fraction of sp³-hybridized carbons (Fsp3) is 0.111. The zero-order valence-corrected chi connectivity index (χ0v) is 17.7.